The van der Waals surface area contributed by atoms with E-state index in [4.69, 9.17) is 0 Å². The molecular formula is C25H36F2N2. The van der Waals surface area contributed by atoms with Crippen LogP contribution in [0.1, 0.15) is 89.2 Å². The monoisotopic (exact) mass is 402 g/mol. The van der Waals surface area contributed by atoms with Crippen LogP contribution in [0.2, 0.25) is 0 Å². The van der Waals surface area contributed by atoms with Crippen molar-refractivity contribution < 1.29 is 8.78 Å². The summed E-state index contributed by atoms with van der Waals surface area (Å²) < 4.78 is 27.4. The molecule has 0 fully saturated rings. The van der Waals surface area contributed by atoms with Gasteiger partial charge in [-0.1, -0.05) is 57.9 Å². The van der Waals surface area contributed by atoms with Crippen molar-refractivity contribution in [2.45, 2.75) is 97.1 Å². The Bertz CT molecular complexity index is 698. The fraction of sp³-hybridized carbons (Fsp3) is 0.600. The molecule has 0 aliphatic rings. The van der Waals surface area contributed by atoms with Crippen LogP contribution in [0.5, 0.6) is 0 Å². The lowest BCUT2D eigenvalue weighted by molar-refractivity contribution is 0.331. The lowest BCUT2D eigenvalue weighted by Crippen LogP contribution is -1.97. The maximum absolute atomic E-state index is 14.6. The zero-order valence-corrected chi connectivity index (χ0v) is 18.1. The van der Waals surface area contributed by atoms with Crippen LogP contribution in [-0.4, -0.2) is 16.1 Å². The minimum absolute atomic E-state index is 0.255. The van der Waals surface area contributed by atoms with Crippen LogP contribution in [0.3, 0.4) is 0 Å². The molecule has 4 heteroatoms. The van der Waals surface area contributed by atoms with Crippen LogP contribution in [-0.2, 0) is 12.8 Å². The third-order valence-electron chi connectivity index (χ3n) is 5.37. The normalized spacial score (nSPS) is 12.3. The molecule has 29 heavy (non-hydrogen) atoms. The minimum atomic E-state index is -0.745. The van der Waals surface area contributed by atoms with Gasteiger partial charge < -0.3 is 0 Å². The molecule has 0 spiro atoms. The van der Waals surface area contributed by atoms with Gasteiger partial charge in [-0.3, -0.25) is 0 Å². The zero-order valence-electron chi connectivity index (χ0n) is 18.1. The molecule has 2 aromatic rings. The lowest BCUT2D eigenvalue weighted by Gasteiger charge is -2.07. The molecule has 1 atom stereocenters. The number of aromatic nitrogens is 2. The summed E-state index contributed by atoms with van der Waals surface area (Å²) >= 11 is 0. The van der Waals surface area contributed by atoms with Gasteiger partial charge in [0.05, 0.1) is 11.7 Å². The summed E-state index contributed by atoms with van der Waals surface area (Å²) in [6.45, 7) is 3.82. The Balaban J connectivity index is 1.80. The zero-order chi connectivity index (χ0) is 20.9. The first-order chi connectivity index (χ1) is 14.1. The Morgan fingerprint density at radius 1 is 0.828 bits per heavy atom. The van der Waals surface area contributed by atoms with Crippen molar-refractivity contribution in [1.82, 2.24) is 9.97 Å². The van der Waals surface area contributed by atoms with Gasteiger partial charge in [-0.05, 0) is 62.3 Å². The standard InChI is InChI=1S/C25H36F2N2/c1-3-4-5-6-7-8-9-13-21-15-16-23(24(27)17-21)25-28-18-22(19-29-25)14-11-10-12-20(2)26/h15-20H,3-14H2,1-2H3. The number of aryl methyl sites for hydroxylation is 2. The van der Waals surface area contributed by atoms with Crippen LogP contribution >= 0.6 is 0 Å². The highest BCUT2D eigenvalue weighted by atomic mass is 19.1. The van der Waals surface area contributed by atoms with Gasteiger partial charge >= 0.3 is 0 Å². The molecule has 1 heterocycles. The molecule has 0 saturated heterocycles. The van der Waals surface area contributed by atoms with Crippen LogP contribution < -0.4 is 0 Å². The second kappa shape index (κ2) is 13.4. The Labute approximate surface area is 175 Å². The highest BCUT2D eigenvalue weighted by molar-refractivity contribution is 5.56. The third-order valence-corrected chi connectivity index (χ3v) is 5.37. The summed E-state index contributed by atoms with van der Waals surface area (Å²) in [4.78, 5) is 8.68. The van der Waals surface area contributed by atoms with Crippen LogP contribution in [0, 0.1) is 5.82 Å². The number of unbranched alkanes of at least 4 members (excludes halogenated alkanes) is 7. The SMILES string of the molecule is CCCCCCCCCc1ccc(-c2ncc(CCCCC(C)F)cn2)c(F)c1. The lowest BCUT2D eigenvalue weighted by atomic mass is 10.0. The summed E-state index contributed by atoms with van der Waals surface area (Å²) in [5, 5.41) is 0. The third kappa shape index (κ3) is 9.01. The highest BCUT2D eigenvalue weighted by Gasteiger charge is 2.09. The molecule has 0 bridgehead atoms. The predicted molar refractivity (Wildman–Crippen MR) is 117 cm³/mol. The molecule has 1 aromatic carbocycles. The molecular weight excluding hydrogens is 366 g/mol. The molecule has 1 aromatic heterocycles. The molecule has 2 nitrogen and oxygen atoms in total. The molecule has 160 valence electrons. The number of hydrogen-bond acceptors (Lipinski definition) is 2. The van der Waals surface area contributed by atoms with E-state index in [-0.39, 0.29) is 5.82 Å². The van der Waals surface area contributed by atoms with E-state index in [1.165, 1.54) is 38.5 Å². The molecule has 1 unspecified atom stereocenters. The smallest absolute Gasteiger partial charge is 0.162 e. The number of alkyl halides is 1. The largest absolute Gasteiger partial charge is 0.248 e. The number of hydrogen-bond donors (Lipinski definition) is 0. The van der Waals surface area contributed by atoms with Gasteiger partial charge in [0.2, 0.25) is 0 Å². The first-order valence-corrected chi connectivity index (χ1v) is 11.3. The van der Waals surface area contributed by atoms with E-state index in [2.05, 4.69) is 16.9 Å². The Hall–Kier alpha value is -1.84. The second-order valence-corrected chi connectivity index (χ2v) is 8.13. The minimum Gasteiger partial charge on any atom is -0.248 e. The van der Waals surface area contributed by atoms with E-state index < -0.39 is 6.17 Å². The molecule has 2 rings (SSSR count). The van der Waals surface area contributed by atoms with Crippen molar-refractivity contribution in [2.75, 3.05) is 0 Å². The second-order valence-electron chi connectivity index (χ2n) is 8.13. The maximum atomic E-state index is 14.6. The van der Waals surface area contributed by atoms with Gasteiger partial charge in [0, 0.05) is 12.4 Å². The maximum Gasteiger partial charge on any atom is 0.162 e. The van der Waals surface area contributed by atoms with E-state index in [1.807, 2.05) is 6.07 Å². The average Bonchev–Trinajstić information content (AvgIpc) is 2.71. The van der Waals surface area contributed by atoms with E-state index in [1.54, 1.807) is 31.5 Å². The van der Waals surface area contributed by atoms with Gasteiger partial charge in [-0.25, -0.2) is 18.7 Å². The van der Waals surface area contributed by atoms with Crippen LogP contribution in [0.15, 0.2) is 30.6 Å². The fourth-order valence-corrected chi connectivity index (χ4v) is 3.56. The average molecular weight is 403 g/mol. The number of rotatable bonds is 14. The Kier molecular flexibility index (Phi) is 10.8. The van der Waals surface area contributed by atoms with E-state index in [0.717, 1.165) is 43.2 Å². The topological polar surface area (TPSA) is 25.8 Å². The highest BCUT2D eigenvalue weighted by Crippen LogP contribution is 2.22. The Morgan fingerprint density at radius 3 is 2.10 bits per heavy atom. The summed E-state index contributed by atoms with van der Waals surface area (Å²) in [6, 6.07) is 5.41. The van der Waals surface area contributed by atoms with Crippen molar-refractivity contribution in [3.63, 3.8) is 0 Å². The molecule has 0 aliphatic carbocycles. The van der Waals surface area contributed by atoms with E-state index in [0.29, 0.717) is 17.8 Å². The van der Waals surface area contributed by atoms with Gasteiger partial charge in [0.1, 0.15) is 5.82 Å². The van der Waals surface area contributed by atoms with Gasteiger partial charge in [-0.2, -0.15) is 0 Å². The summed E-state index contributed by atoms with van der Waals surface area (Å²) in [5.74, 6) is 0.168. The summed E-state index contributed by atoms with van der Waals surface area (Å²) in [7, 11) is 0. The van der Waals surface area contributed by atoms with Gasteiger partial charge in [0.15, 0.2) is 5.82 Å². The van der Waals surface area contributed by atoms with Gasteiger partial charge in [0.25, 0.3) is 0 Å². The molecule has 0 saturated carbocycles. The number of benzene rings is 1. The van der Waals surface area contributed by atoms with Crippen molar-refractivity contribution in [1.29, 1.82) is 0 Å². The summed E-state index contributed by atoms with van der Waals surface area (Å²) in [6.07, 6.45) is 15.7. The van der Waals surface area contributed by atoms with Gasteiger partial charge in [-0.15, -0.1) is 0 Å². The van der Waals surface area contributed by atoms with E-state index >= 15 is 0 Å². The van der Waals surface area contributed by atoms with Crippen molar-refractivity contribution in [3.05, 3.63) is 47.5 Å². The van der Waals surface area contributed by atoms with Crippen LogP contribution in [0.25, 0.3) is 11.4 Å². The number of nitrogens with zero attached hydrogens (tertiary/aromatic N) is 2. The van der Waals surface area contributed by atoms with Crippen molar-refractivity contribution in [2.24, 2.45) is 0 Å². The van der Waals surface area contributed by atoms with Crippen LogP contribution in [0.4, 0.5) is 8.78 Å². The first kappa shape index (κ1) is 23.4. The fourth-order valence-electron chi connectivity index (χ4n) is 3.56. The molecule has 0 N–H and O–H groups in total. The number of halogens is 2. The first-order valence-electron chi connectivity index (χ1n) is 11.3. The Morgan fingerprint density at radius 2 is 1.45 bits per heavy atom. The van der Waals surface area contributed by atoms with E-state index in [9.17, 15) is 8.78 Å². The molecule has 0 aliphatic heterocycles. The quantitative estimate of drug-likeness (QED) is 0.303. The molecule has 0 radical (unpaired) electrons. The molecule has 0 amide bonds. The summed E-state index contributed by atoms with van der Waals surface area (Å²) in [5.41, 5.74) is 2.50. The van der Waals surface area contributed by atoms with Crippen molar-refractivity contribution in [3.8, 4) is 11.4 Å². The predicted octanol–water partition coefficient (Wildman–Crippen LogP) is 7.65. The van der Waals surface area contributed by atoms with Crippen molar-refractivity contribution >= 4 is 0 Å².